The number of hydrogen-bond acceptors (Lipinski definition) is 7. The minimum atomic E-state index is 0.0655. The number of benzene rings is 1. The number of thioether (sulfide) groups is 1. The Hall–Kier alpha value is -1.58. The standard InChI is InChI=1S/C13H14N6OS2/c20-12-11-7-4-8-17(11)22-18(12)9-21-13-14-15-16-19(13)10-5-2-1-3-6-10/h1-3,5-6,11H,4,7-9H2. The molecule has 9 heteroatoms. The maximum absolute atomic E-state index is 12.3. The Kier molecular flexibility index (Phi) is 3.77. The minimum Gasteiger partial charge on any atom is -0.272 e. The highest BCUT2D eigenvalue weighted by Crippen LogP contribution is 2.38. The quantitative estimate of drug-likeness (QED) is 0.621. The van der Waals surface area contributed by atoms with E-state index < -0.39 is 0 Å². The van der Waals surface area contributed by atoms with E-state index in [4.69, 9.17) is 0 Å². The van der Waals surface area contributed by atoms with Crippen molar-refractivity contribution < 1.29 is 4.79 Å². The van der Waals surface area contributed by atoms with Crippen LogP contribution in [0.25, 0.3) is 5.69 Å². The lowest BCUT2D eigenvalue weighted by atomic mass is 10.2. The lowest BCUT2D eigenvalue weighted by Gasteiger charge is -2.14. The number of hydrogen-bond donors (Lipinski definition) is 0. The van der Waals surface area contributed by atoms with Crippen molar-refractivity contribution in [1.29, 1.82) is 0 Å². The zero-order valence-electron chi connectivity index (χ0n) is 11.7. The average molecular weight is 334 g/mol. The summed E-state index contributed by atoms with van der Waals surface area (Å²) < 4.78 is 5.67. The van der Waals surface area contributed by atoms with Gasteiger partial charge in [-0.3, -0.25) is 9.10 Å². The molecule has 2 saturated heterocycles. The first-order valence-corrected chi connectivity index (χ1v) is 8.77. The molecule has 1 aromatic heterocycles. The van der Waals surface area contributed by atoms with Crippen molar-refractivity contribution in [1.82, 2.24) is 28.8 Å². The topological polar surface area (TPSA) is 67.2 Å². The maximum Gasteiger partial charge on any atom is 0.252 e. The number of fused-ring (bicyclic) bond motifs is 1. The first kappa shape index (κ1) is 14.0. The van der Waals surface area contributed by atoms with Crippen LogP contribution in [0, 0.1) is 0 Å². The van der Waals surface area contributed by atoms with E-state index in [-0.39, 0.29) is 11.9 Å². The van der Waals surface area contributed by atoms with E-state index in [1.54, 1.807) is 8.99 Å². The van der Waals surface area contributed by atoms with Crippen LogP contribution in [0.2, 0.25) is 0 Å². The molecule has 114 valence electrons. The normalized spacial score (nSPS) is 21.5. The highest BCUT2D eigenvalue weighted by atomic mass is 32.2. The molecule has 1 aromatic carbocycles. The molecule has 1 unspecified atom stereocenters. The predicted octanol–water partition coefficient (Wildman–Crippen LogP) is 1.58. The molecule has 0 aliphatic carbocycles. The van der Waals surface area contributed by atoms with Gasteiger partial charge in [0.2, 0.25) is 5.16 Å². The largest absolute Gasteiger partial charge is 0.272 e. The van der Waals surface area contributed by atoms with E-state index in [0.717, 1.165) is 25.1 Å². The fraction of sp³-hybridized carbons (Fsp3) is 0.385. The molecule has 2 aromatic rings. The van der Waals surface area contributed by atoms with Gasteiger partial charge in [0.1, 0.15) is 6.04 Å². The number of nitrogens with zero attached hydrogens (tertiary/aromatic N) is 6. The molecule has 4 rings (SSSR count). The first-order valence-electron chi connectivity index (χ1n) is 7.05. The molecular weight excluding hydrogens is 320 g/mol. The van der Waals surface area contributed by atoms with Crippen LogP contribution < -0.4 is 0 Å². The highest BCUT2D eigenvalue weighted by Gasteiger charge is 2.42. The monoisotopic (exact) mass is 334 g/mol. The Morgan fingerprint density at radius 2 is 2.18 bits per heavy atom. The van der Waals surface area contributed by atoms with E-state index in [2.05, 4.69) is 19.8 Å². The number of amides is 1. The van der Waals surface area contributed by atoms with Crippen LogP contribution in [0.5, 0.6) is 0 Å². The summed E-state index contributed by atoms with van der Waals surface area (Å²) in [4.78, 5) is 12.3. The van der Waals surface area contributed by atoms with Crippen LogP contribution in [0.1, 0.15) is 12.8 Å². The van der Waals surface area contributed by atoms with Crippen molar-refractivity contribution >= 4 is 29.8 Å². The van der Waals surface area contributed by atoms with E-state index in [9.17, 15) is 4.79 Å². The Morgan fingerprint density at radius 3 is 3.00 bits per heavy atom. The van der Waals surface area contributed by atoms with E-state index in [1.165, 1.54) is 23.9 Å². The molecule has 22 heavy (non-hydrogen) atoms. The van der Waals surface area contributed by atoms with Gasteiger partial charge in [0.25, 0.3) is 5.91 Å². The number of tetrazole rings is 1. The van der Waals surface area contributed by atoms with Crippen molar-refractivity contribution in [2.24, 2.45) is 0 Å². The van der Waals surface area contributed by atoms with E-state index in [1.807, 2.05) is 30.3 Å². The third kappa shape index (κ3) is 2.49. The molecule has 2 fully saturated rings. The lowest BCUT2D eigenvalue weighted by Crippen LogP contribution is -2.28. The average Bonchev–Trinajstić information content (AvgIpc) is 3.25. The van der Waals surface area contributed by atoms with Crippen LogP contribution in [0.3, 0.4) is 0 Å². The lowest BCUT2D eigenvalue weighted by molar-refractivity contribution is -0.126. The fourth-order valence-electron chi connectivity index (χ4n) is 2.62. The molecule has 0 spiro atoms. The van der Waals surface area contributed by atoms with E-state index >= 15 is 0 Å². The molecule has 0 saturated carbocycles. The molecule has 3 heterocycles. The Balaban J connectivity index is 1.45. The number of rotatable bonds is 4. The highest BCUT2D eigenvalue weighted by molar-refractivity contribution is 8.01. The zero-order chi connectivity index (χ0) is 14.9. The third-order valence-corrected chi connectivity index (χ3v) is 5.91. The van der Waals surface area contributed by atoms with Crippen molar-refractivity contribution in [2.75, 3.05) is 12.4 Å². The molecule has 2 aliphatic heterocycles. The number of aromatic nitrogens is 4. The molecular formula is C13H14N6OS2. The van der Waals surface area contributed by atoms with Gasteiger partial charge in [-0.15, -0.1) is 5.10 Å². The number of carbonyl (C=O) groups excluding carboxylic acids is 1. The predicted molar refractivity (Wildman–Crippen MR) is 84.0 cm³/mol. The molecule has 0 bridgehead atoms. The van der Waals surface area contributed by atoms with Crippen LogP contribution >= 0.6 is 23.9 Å². The van der Waals surface area contributed by atoms with Crippen molar-refractivity contribution in [2.45, 2.75) is 24.0 Å². The van der Waals surface area contributed by atoms with Crippen LogP contribution in [-0.4, -0.2) is 53.2 Å². The summed E-state index contributed by atoms with van der Waals surface area (Å²) in [6.07, 6.45) is 2.07. The maximum atomic E-state index is 12.3. The second kappa shape index (κ2) is 5.90. The second-order valence-electron chi connectivity index (χ2n) is 5.08. The summed E-state index contributed by atoms with van der Waals surface area (Å²) in [7, 11) is 0. The SMILES string of the molecule is O=C1C2CCCN2SN1CSc1nnnn1-c1ccccc1. The van der Waals surface area contributed by atoms with Gasteiger partial charge in [0.05, 0.1) is 11.6 Å². The third-order valence-electron chi connectivity index (χ3n) is 3.69. The van der Waals surface area contributed by atoms with Gasteiger partial charge >= 0.3 is 0 Å². The van der Waals surface area contributed by atoms with Gasteiger partial charge in [-0.1, -0.05) is 30.0 Å². The van der Waals surface area contributed by atoms with Crippen LogP contribution in [-0.2, 0) is 4.79 Å². The van der Waals surface area contributed by atoms with Crippen LogP contribution in [0.4, 0.5) is 0 Å². The minimum absolute atomic E-state index is 0.0655. The van der Waals surface area contributed by atoms with Gasteiger partial charge in [-0.25, -0.2) is 4.31 Å². The summed E-state index contributed by atoms with van der Waals surface area (Å²) in [5.41, 5.74) is 0.913. The van der Waals surface area contributed by atoms with Gasteiger partial charge in [0, 0.05) is 18.7 Å². The summed E-state index contributed by atoms with van der Waals surface area (Å²) in [5.74, 6) is 0.748. The molecule has 0 N–H and O–H groups in total. The molecule has 2 aliphatic rings. The zero-order valence-corrected chi connectivity index (χ0v) is 13.3. The van der Waals surface area contributed by atoms with E-state index in [0.29, 0.717) is 11.0 Å². The summed E-state index contributed by atoms with van der Waals surface area (Å²) >= 11 is 3.00. The number of para-hydroxylation sites is 1. The van der Waals surface area contributed by atoms with Gasteiger partial charge < -0.3 is 0 Å². The van der Waals surface area contributed by atoms with Crippen LogP contribution in [0.15, 0.2) is 35.5 Å². The van der Waals surface area contributed by atoms with Crippen molar-refractivity contribution in [3.63, 3.8) is 0 Å². The molecule has 1 amide bonds. The summed E-state index contributed by atoms with van der Waals surface area (Å²) in [6, 6.07) is 9.81. The molecule has 7 nitrogen and oxygen atoms in total. The molecule has 1 atom stereocenters. The van der Waals surface area contributed by atoms with Gasteiger partial charge in [-0.2, -0.15) is 4.68 Å². The summed E-state index contributed by atoms with van der Waals surface area (Å²) in [5, 5.41) is 12.5. The first-order chi connectivity index (χ1) is 10.8. The Bertz CT molecular complexity index is 678. The smallest absolute Gasteiger partial charge is 0.252 e. The van der Waals surface area contributed by atoms with Gasteiger partial charge in [-0.05, 0) is 35.4 Å². The van der Waals surface area contributed by atoms with Gasteiger partial charge in [0.15, 0.2) is 0 Å². The molecule has 0 radical (unpaired) electrons. The fourth-order valence-corrected chi connectivity index (χ4v) is 4.66. The number of carbonyl (C=O) groups is 1. The summed E-state index contributed by atoms with van der Waals surface area (Å²) in [6.45, 7) is 0.990. The second-order valence-corrected chi connectivity index (χ2v) is 7.06. The Morgan fingerprint density at radius 1 is 1.32 bits per heavy atom. The Labute approximate surface area is 136 Å². The van der Waals surface area contributed by atoms with Crippen molar-refractivity contribution in [3.05, 3.63) is 30.3 Å². The van der Waals surface area contributed by atoms with Crippen molar-refractivity contribution in [3.8, 4) is 5.69 Å².